The van der Waals surface area contributed by atoms with Crippen LogP contribution < -0.4 is 5.73 Å². The molecule has 0 spiro atoms. The van der Waals surface area contributed by atoms with Gasteiger partial charge in [0.15, 0.2) is 5.60 Å². The summed E-state index contributed by atoms with van der Waals surface area (Å²) in [6.07, 6.45) is -2.16. The molecule has 15 heavy (non-hydrogen) atoms. The van der Waals surface area contributed by atoms with Gasteiger partial charge in [-0.05, 0) is 44.6 Å². The summed E-state index contributed by atoms with van der Waals surface area (Å²) >= 11 is 0. The Balaban J connectivity index is 2.55. The molecule has 2 nitrogen and oxygen atoms in total. The fourth-order valence-corrected chi connectivity index (χ4v) is 2.28. The lowest BCUT2D eigenvalue weighted by atomic mass is 9.76. The third-order valence-electron chi connectivity index (χ3n) is 3.17. The predicted molar refractivity (Wildman–Crippen MR) is 51.3 cm³/mol. The van der Waals surface area contributed by atoms with Crippen molar-refractivity contribution in [3.8, 4) is 0 Å². The minimum Gasteiger partial charge on any atom is -0.380 e. The molecule has 0 aromatic rings. The van der Waals surface area contributed by atoms with Gasteiger partial charge in [-0.25, -0.2) is 0 Å². The standard InChI is InChI=1S/C10H18F3NO/c11-10(12,13)9(15)5-1-3-8(7-9)4-2-6-14/h8,15H,1-7,14H2. The summed E-state index contributed by atoms with van der Waals surface area (Å²) in [4.78, 5) is 0. The Morgan fingerprint density at radius 2 is 2.07 bits per heavy atom. The van der Waals surface area contributed by atoms with E-state index in [9.17, 15) is 18.3 Å². The quantitative estimate of drug-likeness (QED) is 0.773. The molecule has 2 unspecified atom stereocenters. The fraction of sp³-hybridized carbons (Fsp3) is 1.00. The Morgan fingerprint density at radius 3 is 2.60 bits per heavy atom. The Kier molecular flexibility index (Phi) is 4.00. The first-order chi connectivity index (χ1) is 6.89. The van der Waals surface area contributed by atoms with Crippen LogP contribution in [0, 0.1) is 5.92 Å². The molecule has 1 fully saturated rings. The van der Waals surface area contributed by atoms with Crippen molar-refractivity contribution < 1.29 is 18.3 Å². The molecule has 0 aliphatic heterocycles. The number of rotatable bonds is 3. The second kappa shape index (κ2) is 4.70. The van der Waals surface area contributed by atoms with Crippen LogP contribution in [0.3, 0.4) is 0 Å². The van der Waals surface area contributed by atoms with Crippen LogP contribution in [0.25, 0.3) is 0 Å². The van der Waals surface area contributed by atoms with Gasteiger partial charge in [0.05, 0.1) is 0 Å². The molecule has 1 rings (SSSR count). The summed E-state index contributed by atoms with van der Waals surface area (Å²) in [5, 5.41) is 9.52. The molecule has 1 aliphatic rings. The summed E-state index contributed by atoms with van der Waals surface area (Å²) in [5.41, 5.74) is 2.86. The Morgan fingerprint density at radius 1 is 1.40 bits per heavy atom. The summed E-state index contributed by atoms with van der Waals surface area (Å²) in [6.45, 7) is 0.501. The molecule has 5 heteroatoms. The third-order valence-corrected chi connectivity index (χ3v) is 3.17. The van der Waals surface area contributed by atoms with Crippen LogP contribution in [-0.4, -0.2) is 23.4 Å². The smallest absolute Gasteiger partial charge is 0.380 e. The van der Waals surface area contributed by atoms with Crippen molar-refractivity contribution in [1.29, 1.82) is 0 Å². The van der Waals surface area contributed by atoms with Gasteiger partial charge in [0.1, 0.15) is 0 Å². The summed E-state index contributed by atoms with van der Waals surface area (Å²) in [6, 6.07) is 0. The maximum Gasteiger partial charge on any atom is 0.417 e. The number of hydrogen-bond acceptors (Lipinski definition) is 2. The number of halogens is 3. The zero-order valence-electron chi connectivity index (χ0n) is 8.69. The Hall–Kier alpha value is -0.290. The van der Waals surface area contributed by atoms with Gasteiger partial charge in [-0.3, -0.25) is 0 Å². The van der Waals surface area contributed by atoms with Gasteiger partial charge in [0.25, 0.3) is 0 Å². The van der Waals surface area contributed by atoms with Crippen LogP contribution in [-0.2, 0) is 0 Å². The van der Waals surface area contributed by atoms with Gasteiger partial charge in [0, 0.05) is 0 Å². The molecule has 0 saturated heterocycles. The van der Waals surface area contributed by atoms with Gasteiger partial charge in [0.2, 0.25) is 0 Å². The van der Waals surface area contributed by atoms with Gasteiger partial charge in [-0.15, -0.1) is 0 Å². The largest absolute Gasteiger partial charge is 0.417 e. The topological polar surface area (TPSA) is 46.2 Å². The van der Waals surface area contributed by atoms with E-state index in [2.05, 4.69) is 0 Å². The monoisotopic (exact) mass is 225 g/mol. The molecule has 2 atom stereocenters. The first-order valence-corrected chi connectivity index (χ1v) is 5.38. The minimum absolute atomic E-state index is 0.0334. The highest BCUT2D eigenvalue weighted by Crippen LogP contribution is 2.44. The van der Waals surface area contributed by atoms with Crippen molar-refractivity contribution in [3.05, 3.63) is 0 Å². The maximum atomic E-state index is 12.5. The second-order valence-corrected chi connectivity index (χ2v) is 4.42. The first kappa shape index (κ1) is 12.8. The van der Waals surface area contributed by atoms with Gasteiger partial charge >= 0.3 is 6.18 Å². The number of alkyl halides is 3. The van der Waals surface area contributed by atoms with Crippen LogP contribution in [0.2, 0.25) is 0 Å². The lowest BCUT2D eigenvalue weighted by Gasteiger charge is -2.38. The Bertz CT molecular complexity index is 207. The average Bonchev–Trinajstić information content (AvgIpc) is 2.13. The van der Waals surface area contributed by atoms with E-state index in [0.717, 1.165) is 12.8 Å². The van der Waals surface area contributed by atoms with E-state index in [4.69, 9.17) is 5.73 Å². The van der Waals surface area contributed by atoms with E-state index >= 15 is 0 Å². The number of aliphatic hydroxyl groups is 1. The lowest BCUT2D eigenvalue weighted by Crippen LogP contribution is -2.48. The van der Waals surface area contributed by atoms with Gasteiger partial charge in [-0.2, -0.15) is 13.2 Å². The van der Waals surface area contributed by atoms with Crippen LogP contribution in [0.15, 0.2) is 0 Å². The van der Waals surface area contributed by atoms with Crippen LogP contribution >= 0.6 is 0 Å². The normalized spacial score (nSPS) is 33.0. The molecule has 0 amide bonds. The SMILES string of the molecule is NCCCC1CCCC(O)(C(F)(F)F)C1. The van der Waals surface area contributed by atoms with E-state index in [1.54, 1.807) is 0 Å². The van der Waals surface area contributed by atoms with Crippen molar-refractivity contribution in [2.24, 2.45) is 11.7 Å². The molecule has 0 aromatic heterocycles. The molecular formula is C10H18F3NO. The van der Waals surface area contributed by atoms with Gasteiger partial charge in [-0.1, -0.05) is 6.42 Å². The molecule has 1 saturated carbocycles. The van der Waals surface area contributed by atoms with Crippen LogP contribution in [0.5, 0.6) is 0 Å². The molecule has 0 aromatic carbocycles. The van der Waals surface area contributed by atoms with E-state index < -0.39 is 11.8 Å². The predicted octanol–water partition coefficient (Wildman–Crippen LogP) is 2.21. The minimum atomic E-state index is -4.49. The molecule has 0 radical (unpaired) electrons. The van der Waals surface area contributed by atoms with Crippen molar-refractivity contribution in [2.45, 2.75) is 50.3 Å². The summed E-state index contributed by atoms with van der Waals surface area (Å²) < 4.78 is 37.6. The molecule has 1 aliphatic carbocycles. The maximum absolute atomic E-state index is 12.5. The Labute approximate surface area is 87.6 Å². The number of nitrogens with two attached hydrogens (primary N) is 1. The van der Waals surface area contributed by atoms with Gasteiger partial charge < -0.3 is 10.8 Å². The second-order valence-electron chi connectivity index (χ2n) is 4.42. The van der Waals surface area contributed by atoms with Crippen molar-refractivity contribution >= 4 is 0 Å². The van der Waals surface area contributed by atoms with Crippen molar-refractivity contribution in [3.63, 3.8) is 0 Å². The summed E-state index contributed by atoms with van der Waals surface area (Å²) in [5.74, 6) is -0.0334. The van der Waals surface area contributed by atoms with Crippen molar-refractivity contribution in [1.82, 2.24) is 0 Å². The molecule has 0 bridgehead atoms. The van der Waals surface area contributed by atoms with E-state index in [1.165, 1.54) is 0 Å². The van der Waals surface area contributed by atoms with Crippen LogP contribution in [0.1, 0.15) is 38.5 Å². The molecule has 3 N–H and O–H groups in total. The molecular weight excluding hydrogens is 207 g/mol. The lowest BCUT2D eigenvalue weighted by molar-refractivity contribution is -0.274. The molecule has 90 valence electrons. The highest BCUT2D eigenvalue weighted by Gasteiger charge is 2.55. The highest BCUT2D eigenvalue weighted by atomic mass is 19.4. The highest BCUT2D eigenvalue weighted by molar-refractivity contribution is 4.92. The third kappa shape index (κ3) is 3.08. The molecule has 0 heterocycles. The fourth-order valence-electron chi connectivity index (χ4n) is 2.28. The zero-order valence-corrected chi connectivity index (χ0v) is 8.69. The van der Waals surface area contributed by atoms with Crippen molar-refractivity contribution in [2.75, 3.05) is 6.54 Å². The van der Waals surface area contributed by atoms with E-state index in [0.29, 0.717) is 19.4 Å². The zero-order chi connectivity index (χ0) is 11.5. The van der Waals surface area contributed by atoms with Crippen LogP contribution in [0.4, 0.5) is 13.2 Å². The summed E-state index contributed by atoms with van der Waals surface area (Å²) in [7, 11) is 0. The first-order valence-electron chi connectivity index (χ1n) is 5.38. The average molecular weight is 225 g/mol. The van der Waals surface area contributed by atoms with E-state index in [-0.39, 0.29) is 18.8 Å². The number of hydrogen-bond donors (Lipinski definition) is 2. The van der Waals surface area contributed by atoms with E-state index in [1.807, 2.05) is 0 Å².